The molecule has 0 bridgehead atoms. The maximum Gasteiger partial charge on any atom is 0.307 e. The van der Waals surface area contributed by atoms with Crippen LogP contribution >= 0.6 is 0 Å². The first-order valence-corrected chi connectivity index (χ1v) is 6.93. The second-order valence-corrected chi connectivity index (χ2v) is 5.35. The van der Waals surface area contributed by atoms with Crippen LogP contribution in [0.25, 0.3) is 0 Å². The van der Waals surface area contributed by atoms with Gasteiger partial charge < -0.3 is 4.74 Å². The Labute approximate surface area is 106 Å². The van der Waals surface area contributed by atoms with Crippen LogP contribution in [0.4, 0.5) is 0 Å². The van der Waals surface area contributed by atoms with Gasteiger partial charge in [0.25, 0.3) is 0 Å². The highest BCUT2D eigenvalue weighted by molar-refractivity contribution is 5.70. The van der Waals surface area contributed by atoms with Crippen LogP contribution in [0, 0.1) is 5.92 Å². The molecule has 1 fully saturated rings. The fourth-order valence-corrected chi connectivity index (χ4v) is 2.83. The Morgan fingerprint density at radius 3 is 2.65 bits per heavy atom. The monoisotopic (exact) mass is 241 g/mol. The number of esters is 1. The van der Waals surface area contributed by atoms with Gasteiger partial charge in [-0.05, 0) is 39.7 Å². The number of carbonyl (C=O) groups is 1. The van der Waals surface area contributed by atoms with Crippen molar-refractivity contribution < 1.29 is 9.53 Å². The van der Waals surface area contributed by atoms with Crippen LogP contribution in [0.1, 0.15) is 52.9 Å². The molecular formula is C14H27NO2. The molecule has 17 heavy (non-hydrogen) atoms. The lowest BCUT2D eigenvalue weighted by Crippen LogP contribution is -2.44. The van der Waals surface area contributed by atoms with Gasteiger partial charge in [0.15, 0.2) is 0 Å². The maximum atomic E-state index is 11.5. The van der Waals surface area contributed by atoms with Crippen LogP contribution in [-0.2, 0) is 9.53 Å². The van der Waals surface area contributed by atoms with E-state index in [4.69, 9.17) is 4.74 Å². The molecule has 1 aliphatic carbocycles. The van der Waals surface area contributed by atoms with Crippen LogP contribution in [0.5, 0.6) is 0 Å². The average molecular weight is 241 g/mol. The molecule has 0 heterocycles. The highest BCUT2D eigenvalue weighted by Crippen LogP contribution is 2.28. The molecule has 1 aliphatic rings. The molecule has 0 spiro atoms. The van der Waals surface area contributed by atoms with E-state index in [0.29, 0.717) is 19.1 Å². The first kappa shape index (κ1) is 14.5. The summed E-state index contributed by atoms with van der Waals surface area (Å²) >= 11 is 0. The van der Waals surface area contributed by atoms with Crippen molar-refractivity contribution in [2.24, 2.45) is 5.92 Å². The summed E-state index contributed by atoms with van der Waals surface area (Å²) in [4.78, 5) is 13.8. The van der Waals surface area contributed by atoms with Crippen molar-refractivity contribution in [1.82, 2.24) is 4.90 Å². The largest absolute Gasteiger partial charge is 0.466 e. The van der Waals surface area contributed by atoms with Crippen LogP contribution in [-0.4, -0.2) is 36.6 Å². The molecule has 0 saturated heterocycles. The summed E-state index contributed by atoms with van der Waals surface area (Å²) in [5.41, 5.74) is 0. The zero-order valence-electron chi connectivity index (χ0n) is 11.7. The minimum Gasteiger partial charge on any atom is -0.466 e. The predicted molar refractivity (Wildman–Crippen MR) is 69.9 cm³/mol. The molecule has 0 aliphatic heterocycles. The molecule has 3 unspecified atom stereocenters. The van der Waals surface area contributed by atoms with Gasteiger partial charge in [0.05, 0.1) is 13.0 Å². The van der Waals surface area contributed by atoms with Crippen molar-refractivity contribution in [3.8, 4) is 0 Å². The van der Waals surface area contributed by atoms with E-state index < -0.39 is 0 Å². The van der Waals surface area contributed by atoms with E-state index in [-0.39, 0.29) is 12.0 Å². The lowest BCUT2D eigenvalue weighted by Gasteiger charge is -2.39. The minimum absolute atomic E-state index is 0.0738. The molecule has 0 aromatic heterocycles. The van der Waals surface area contributed by atoms with Gasteiger partial charge >= 0.3 is 5.97 Å². The molecule has 100 valence electrons. The normalized spacial score (nSPS) is 26.9. The van der Waals surface area contributed by atoms with Crippen molar-refractivity contribution >= 4 is 5.97 Å². The van der Waals surface area contributed by atoms with Crippen LogP contribution < -0.4 is 0 Å². The van der Waals surface area contributed by atoms with E-state index in [1.807, 2.05) is 6.92 Å². The average Bonchev–Trinajstić information content (AvgIpc) is 2.29. The third-order valence-corrected chi connectivity index (χ3v) is 4.05. The number of hydrogen-bond acceptors (Lipinski definition) is 3. The van der Waals surface area contributed by atoms with Gasteiger partial charge in [0.2, 0.25) is 0 Å². The molecule has 0 aromatic carbocycles. The first-order chi connectivity index (χ1) is 8.06. The highest BCUT2D eigenvalue weighted by atomic mass is 16.5. The summed E-state index contributed by atoms with van der Waals surface area (Å²) in [6, 6.07) is 0.910. The summed E-state index contributed by atoms with van der Waals surface area (Å²) in [6.07, 6.45) is 5.78. The highest BCUT2D eigenvalue weighted by Gasteiger charge is 2.28. The van der Waals surface area contributed by atoms with Gasteiger partial charge in [-0.3, -0.25) is 9.69 Å². The van der Waals surface area contributed by atoms with Gasteiger partial charge in [-0.1, -0.05) is 19.8 Å². The first-order valence-electron chi connectivity index (χ1n) is 6.93. The van der Waals surface area contributed by atoms with E-state index in [1.165, 1.54) is 25.7 Å². The Balaban J connectivity index is 2.44. The Morgan fingerprint density at radius 1 is 1.41 bits per heavy atom. The summed E-state index contributed by atoms with van der Waals surface area (Å²) in [7, 11) is 2.15. The van der Waals surface area contributed by atoms with E-state index >= 15 is 0 Å². The predicted octanol–water partition coefficient (Wildman–Crippen LogP) is 2.84. The van der Waals surface area contributed by atoms with E-state index in [9.17, 15) is 4.79 Å². The minimum atomic E-state index is -0.0738. The Morgan fingerprint density at radius 2 is 2.06 bits per heavy atom. The molecule has 0 radical (unpaired) electrons. The molecular weight excluding hydrogens is 214 g/mol. The fraction of sp³-hybridized carbons (Fsp3) is 0.929. The number of rotatable bonds is 5. The van der Waals surface area contributed by atoms with E-state index in [1.54, 1.807) is 0 Å². The second-order valence-electron chi connectivity index (χ2n) is 5.35. The zero-order chi connectivity index (χ0) is 12.8. The second kappa shape index (κ2) is 7.00. The zero-order valence-corrected chi connectivity index (χ0v) is 11.7. The van der Waals surface area contributed by atoms with Crippen LogP contribution in [0.15, 0.2) is 0 Å². The SMILES string of the molecule is CCOC(=O)CC(C)N(C)C1CCCCC1C. The third kappa shape index (κ3) is 4.30. The maximum absolute atomic E-state index is 11.5. The Bertz CT molecular complexity index is 242. The Hall–Kier alpha value is -0.570. The number of nitrogens with zero attached hydrogens (tertiary/aromatic N) is 1. The lowest BCUT2D eigenvalue weighted by atomic mass is 9.84. The number of ether oxygens (including phenoxy) is 1. The quantitative estimate of drug-likeness (QED) is 0.693. The van der Waals surface area contributed by atoms with Crippen molar-refractivity contribution in [3.05, 3.63) is 0 Å². The van der Waals surface area contributed by atoms with Crippen molar-refractivity contribution in [2.45, 2.75) is 65.0 Å². The molecule has 1 rings (SSSR count). The van der Waals surface area contributed by atoms with E-state index in [2.05, 4.69) is 25.8 Å². The topological polar surface area (TPSA) is 29.5 Å². The van der Waals surface area contributed by atoms with Crippen molar-refractivity contribution in [3.63, 3.8) is 0 Å². The van der Waals surface area contributed by atoms with Gasteiger partial charge in [0, 0.05) is 12.1 Å². The smallest absolute Gasteiger partial charge is 0.307 e. The standard InChI is InChI=1S/C14H27NO2/c1-5-17-14(16)10-12(3)15(4)13-9-7-6-8-11(13)2/h11-13H,5-10H2,1-4H3. The van der Waals surface area contributed by atoms with Gasteiger partial charge in [-0.25, -0.2) is 0 Å². The number of hydrogen-bond donors (Lipinski definition) is 0. The van der Waals surface area contributed by atoms with Gasteiger partial charge in [0.1, 0.15) is 0 Å². The Kier molecular flexibility index (Phi) is 5.96. The van der Waals surface area contributed by atoms with Gasteiger partial charge in [-0.2, -0.15) is 0 Å². The van der Waals surface area contributed by atoms with Crippen molar-refractivity contribution in [2.75, 3.05) is 13.7 Å². The molecule has 3 heteroatoms. The van der Waals surface area contributed by atoms with Crippen LogP contribution in [0.3, 0.4) is 0 Å². The molecule has 0 N–H and O–H groups in total. The molecule has 3 atom stereocenters. The number of carbonyl (C=O) groups excluding carboxylic acids is 1. The van der Waals surface area contributed by atoms with Crippen LogP contribution in [0.2, 0.25) is 0 Å². The molecule has 1 saturated carbocycles. The third-order valence-electron chi connectivity index (χ3n) is 4.05. The summed E-state index contributed by atoms with van der Waals surface area (Å²) in [6.45, 7) is 6.79. The van der Waals surface area contributed by atoms with Crippen molar-refractivity contribution in [1.29, 1.82) is 0 Å². The molecule has 0 amide bonds. The summed E-state index contributed by atoms with van der Waals surface area (Å²) in [5, 5.41) is 0. The molecule has 3 nitrogen and oxygen atoms in total. The fourth-order valence-electron chi connectivity index (χ4n) is 2.83. The lowest BCUT2D eigenvalue weighted by molar-refractivity contribution is -0.144. The summed E-state index contributed by atoms with van der Waals surface area (Å²) in [5.74, 6) is 0.675. The van der Waals surface area contributed by atoms with Gasteiger partial charge in [-0.15, -0.1) is 0 Å². The van der Waals surface area contributed by atoms with E-state index in [0.717, 1.165) is 5.92 Å². The molecule has 0 aromatic rings. The summed E-state index contributed by atoms with van der Waals surface area (Å²) < 4.78 is 5.01.